The van der Waals surface area contributed by atoms with E-state index in [9.17, 15) is 13.2 Å². The first-order valence-electron chi connectivity index (χ1n) is 6.96. The molecule has 0 spiro atoms. The van der Waals surface area contributed by atoms with Crippen LogP contribution in [-0.4, -0.2) is 36.9 Å². The molecule has 0 aliphatic carbocycles. The summed E-state index contributed by atoms with van der Waals surface area (Å²) in [5, 5.41) is 3.77. The number of aryl methyl sites for hydroxylation is 2. The molecule has 0 bridgehead atoms. The molecule has 2 aromatic rings. The first-order chi connectivity index (χ1) is 9.87. The lowest BCUT2D eigenvalue weighted by molar-refractivity contribution is 0.0942. The summed E-state index contributed by atoms with van der Waals surface area (Å²) in [7, 11) is -2.99. The van der Waals surface area contributed by atoms with Crippen molar-refractivity contribution in [3.8, 4) is 0 Å². The van der Waals surface area contributed by atoms with Gasteiger partial charge in [-0.25, -0.2) is 8.42 Å². The third-order valence-electron chi connectivity index (χ3n) is 4.01. The standard InChI is InChI=1S/C15H18N2O3S/c1-9-4-3-5-12-13(9)14(10(2)16-12)15(18)17-11-6-7-21(19,20)8-11/h3-5,11,16H,6-8H2,1-2H3,(H,17,18). The molecule has 1 amide bonds. The van der Waals surface area contributed by atoms with Crippen molar-refractivity contribution in [3.05, 3.63) is 35.0 Å². The quantitative estimate of drug-likeness (QED) is 0.886. The average Bonchev–Trinajstić information content (AvgIpc) is 2.89. The van der Waals surface area contributed by atoms with Gasteiger partial charge >= 0.3 is 0 Å². The molecule has 1 aliphatic rings. The number of carbonyl (C=O) groups excluding carboxylic acids is 1. The number of benzene rings is 1. The van der Waals surface area contributed by atoms with Crippen molar-refractivity contribution in [2.75, 3.05) is 11.5 Å². The van der Waals surface area contributed by atoms with Crippen LogP contribution in [0.15, 0.2) is 18.2 Å². The number of fused-ring (bicyclic) bond motifs is 1. The van der Waals surface area contributed by atoms with Gasteiger partial charge in [-0.15, -0.1) is 0 Å². The van der Waals surface area contributed by atoms with Crippen LogP contribution >= 0.6 is 0 Å². The van der Waals surface area contributed by atoms with E-state index in [-0.39, 0.29) is 23.5 Å². The Morgan fingerprint density at radius 2 is 2.10 bits per heavy atom. The topological polar surface area (TPSA) is 79.0 Å². The smallest absolute Gasteiger partial charge is 0.253 e. The number of aromatic amines is 1. The summed E-state index contributed by atoms with van der Waals surface area (Å²) in [6, 6.07) is 5.56. The van der Waals surface area contributed by atoms with Gasteiger partial charge in [0.25, 0.3) is 5.91 Å². The van der Waals surface area contributed by atoms with E-state index in [1.807, 2.05) is 32.0 Å². The lowest BCUT2D eigenvalue weighted by atomic mass is 10.0. The predicted octanol–water partition coefficient (Wildman–Crippen LogP) is 1.70. The highest BCUT2D eigenvalue weighted by atomic mass is 32.2. The fraction of sp³-hybridized carbons (Fsp3) is 0.400. The SMILES string of the molecule is Cc1[nH]c2cccc(C)c2c1C(=O)NC1CCS(=O)(=O)C1. The number of sulfone groups is 1. The van der Waals surface area contributed by atoms with Gasteiger partial charge in [-0.3, -0.25) is 4.79 Å². The summed E-state index contributed by atoms with van der Waals surface area (Å²) in [5.74, 6) is -0.00155. The van der Waals surface area contributed by atoms with Crippen molar-refractivity contribution in [3.63, 3.8) is 0 Å². The normalized spacial score (nSPS) is 20.8. The molecule has 112 valence electrons. The number of amides is 1. The van der Waals surface area contributed by atoms with E-state index in [0.29, 0.717) is 12.0 Å². The van der Waals surface area contributed by atoms with Crippen LogP contribution in [0.5, 0.6) is 0 Å². The Kier molecular flexibility index (Phi) is 3.28. The minimum atomic E-state index is -2.99. The van der Waals surface area contributed by atoms with Gasteiger partial charge in [-0.05, 0) is 31.9 Å². The van der Waals surface area contributed by atoms with Crippen molar-refractivity contribution in [1.29, 1.82) is 0 Å². The zero-order chi connectivity index (χ0) is 15.2. The maximum atomic E-state index is 12.5. The number of aromatic nitrogens is 1. The van der Waals surface area contributed by atoms with Crippen molar-refractivity contribution >= 4 is 26.6 Å². The molecule has 1 aromatic heterocycles. The maximum absolute atomic E-state index is 12.5. The number of H-pyrrole nitrogens is 1. The van der Waals surface area contributed by atoms with Crippen LogP contribution in [0.25, 0.3) is 10.9 Å². The highest BCUT2D eigenvalue weighted by Crippen LogP contribution is 2.25. The molecule has 1 fully saturated rings. The largest absolute Gasteiger partial charge is 0.358 e. The molecule has 0 saturated carbocycles. The van der Waals surface area contributed by atoms with Crippen molar-refractivity contribution < 1.29 is 13.2 Å². The minimum Gasteiger partial charge on any atom is -0.358 e. The van der Waals surface area contributed by atoms with Crippen LogP contribution in [0, 0.1) is 13.8 Å². The van der Waals surface area contributed by atoms with Gasteiger partial charge in [-0.2, -0.15) is 0 Å². The minimum absolute atomic E-state index is 0.0408. The summed E-state index contributed by atoms with van der Waals surface area (Å²) in [5.41, 5.74) is 3.38. The molecule has 3 rings (SSSR count). The zero-order valence-electron chi connectivity index (χ0n) is 12.1. The Balaban J connectivity index is 1.94. The van der Waals surface area contributed by atoms with E-state index in [4.69, 9.17) is 0 Å². The number of nitrogens with one attached hydrogen (secondary N) is 2. The molecular weight excluding hydrogens is 288 g/mol. The fourth-order valence-corrected chi connectivity index (χ4v) is 4.68. The Hall–Kier alpha value is -1.82. The first-order valence-corrected chi connectivity index (χ1v) is 8.79. The van der Waals surface area contributed by atoms with Gasteiger partial charge in [0.1, 0.15) is 0 Å². The summed E-state index contributed by atoms with van der Waals surface area (Å²) < 4.78 is 23.0. The van der Waals surface area contributed by atoms with Gasteiger partial charge in [0, 0.05) is 22.6 Å². The molecule has 1 aliphatic heterocycles. The molecule has 21 heavy (non-hydrogen) atoms. The van der Waals surface area contributed by atoms with Crippen LogP contribution in [0.1, 0.15) is 28.0 Å². The van der Waals surface area contributed by atoms with Crippen LogP contribution < -0.4 is 5.32 Å². The van der Waals surface area contributed by atoms with Crippen LogP contribution in [0.4, 0.5) is 0 Å². The Bertz CT molecular complexity index is 821. The number of rotatable bonds is 2. The van der Waals surface area contributed by atoms with Crippen LogP contribution in [0.2, 0.25) is 0 Å². The molecule has 1 unspecified atom stereocenters. The molecule has 2 N–H and O–H groups in total. The Morgan fingerprint density at radius 1 is 1.33 bits per heavy atom. The van der Waals surface area contributed by atoms with Gasteiger partial charge in [0.2, 0.25) is 0 Å². The monoisotopic (exact) mass is 306 g/mol. The Morgan fingerprint density at radius 3 is 2.76 bits per heavy atom. The second-order valence-corrected chi connectivity index (χ2v) is 7.92. The van der Waals surface area contributed by atoms with Crippen molar-refractivity contribution in [1.82, 2.24) is 10.3 Å². The van der Waals surface area contributed by atoms with E-state index in [1.54, 1.807) is 0 Å². The van der Waals surface area contributed by atoms with E-state index in [0.717, 1.165) is 22.2 Å². The molecule has 1 atom stereocenters. The average molecular weight is 306 g/mol. The Labute approximate surface area is 123 Å². The van der Waals surface area contributed by atoms with Crippen molar-refractivity contribution in [2.45, 2.75) is 26.3 Å². The summed E-state index contributed by atoms with van der Waals surface area (Å²) in [6.45, 7) is 3.83. The molecule has 6 heteroatoms. The molecule has 5 nitrogen and oxygen atoms in total. The highest BCUT2D eigenvalue weighted by Gasteiger charge is 2.30. The first kappa shape index (κ1) is 14.1. The third-order valence-corrected chi connectivity index (χ3v) is 5.78. The molecule has 2 heterocycles. The van der Waals surface area contributed by atoms with Crippen molar-refractivity contribution in [2.24, 2.45) is 0 Å². The lowest BCUT2D eigenvalue weighted by Crippen LogP contribution is -2.35. The highest BCUT2D eigenvalue weighted by molar-refractivity contribution is 7.91. The molecular formula is C15H18N2O3S. The maximum Gasteiger partial charge on any atom is 0.253 e. The molecule has 1 saturated heterocycles. The number of carbonyl (C=O) groups is 1. The number of hydrogen-bond acceptors (Lipinski definition) is 3. The molecule has 1 aromatic carbocycles. The summed E-state index contributed by atoms with van der Waals surface area (Å²) in [6.07, 6.45) is 0.495. The second-order valence-electron chi connectivity index (χ2n) is 5.70. The number of hydrogen-bond donors (Lipinski definition) is 2. The molecule has 0 radical (unpaired) electrons. The summed E-state index contributed by atoms with van der Waals surface area (Å²) in [4.78, 5) is 15.7. The van der Waals surface area contributed by atoms with E-state index < -0.39 is 9.84 Å². The van der Waals surface area contributed by atoms with Crippen LogP contribution in [-0.2, 0) is 9.84 Å². The van der Waals surface area contributed by atoms with Gasteiger partial charge in [-0.1, -0.05) is 12.1 Å². The van der Waals surface area contributed by atoms with Crippen LogP contribution in [0.3, 0.4) is 0 Å². The van der Waals surface area contributed by atoms with E-state index in [1.165, 1.54) is 0 Å². The van der Waals surface area contributed by atoms with Gasteiger partial charge < -0.3 is 10.3 Å². The third kappa shape index (κ3) is 2.55. The van der Waals surface area contributed by atoms with E-state index >= 15 is 0 Å². The van der Waals surface area contributed by atoms with Gasteiger partial charge in [0.05, 0.1) is 17.1 Å². The lowest BCUT2D eigenvalue weighted by Gasteiger charge is -2.11. The second kappa shape index (κ2) is 4.87. The van der Waals surface area contributed by atoms with Gasteiger partial charge in [0.15, 0.2) is 9.84 Å². The zero-order valence-corrected chi connectivity index (χ0v) is 12.9. The summed E-state index contributed by atoms with van der Waals surface area (Å²) >= 11 is 0. The predicted molar refractivity (Wildman–Crippen MR) is 82.3 cm³/mol. The fourth-order valence-electron chi connectivity index (χ4n) is 3.01. The van der Waals surface area contributed by atoms with E-state index in [2.05, 4.69) is 10.3 Å².